The molecule has 82 valence electrons. The van der Waals surface area contributed by atoms with Gasteiger partial charge in [-0.3, -0.25) is 0 Å². The second-order valence-corrected chi connectivity index (χ2v) is 4.96. The van der Waals surface area contributed by atoms with Crippen LogP contribution in [-0.2, 0) is 12.8 Å². The van der Waals surface area contributed by atoms with Crippen LogP contribution >= 0.6 is 8.19 Å². The molecule has 0 spiro atoms. The minimum Gasteiger partial charge on any atom is -0.0720 e. The second-order valence-electron chi connectivity index (χ2n) is 3.90. The summed E-state index contributed by atoms with van der Waals surface area (Å²) in [5.41, 5.74) is 4.22. The van der Waals surface area contributed by atoms with Gasteiger partial charge < -0.3 is 0 Å². The molecule has 0 N–H and O–H groups in total. The Morgan fingerprint density at radius 1 is 0.938 bits per heavy atom. The van der Waals surface area contributed by atoms with E-state index < -0.39 is 0 Å². The van der Waals surface area contributed by atoms with Gasteiger partial charge in [0.05, 0.1) is 0 Å². The molecule has 1 heterocycles. The van der Waals surface area contributed by atoms with Gasteiger partial charge in [0.15, 0.2) is 0 Å². The van der Waals surface area contributed by atoms with Gasteiger partial charge >= 0.3 is 0 Å². The lowest BCUT2D eigenvalue weighted by Crippen LogP contribution is -1.88. The summed E-state index contributed by atoms with van der Waals surface area (Å²) in [7, 11) is 1.38. The fourth-order valence-corrected chi connectivity index (χ4v) is 3.04. The third kappa shape index (κ3) is 2.33. The Bertz CT molecular complexity index is 460. The third-order valence-corrected chi connectivity index (χ3v) is 4.21. The monoisotopic (exact) mass is 228 g/mol. The van der Waals surface area contributed by atoms with Crippen molar-refractivity contribution in [1.29, 1.82) is 0 Å². The summed E-state index contributed by atoms with van der Waals surface area (Å²) in [5, 5.41) is 1.57. The molecule has 1 aromatic heterocycles. The molecular formula is C15H17P. The van der Waals surface area contributed by atoms with Gasteiger partial charge in [0, 0.05) is 0 Å². The van der Waals surface area contributed by atoms with Crippen LogP contribution in [0.1, 0.15) is 24.7 Å². The lowest BCUT2D eigenvalue weighted by molar-refractivity contribution is 1.07. The highest BCUT2D eigenvalue weighted by molar-refractivity contribution is 7.30. The molecule has 2 rings (SSSR count). The number of aryl methyl sites for hydroxylation is 2. The quantitative estimate of drug-likeness (QED) is 0.688. The molecule has 0 amide bonds. The molecule has 0 unspecified atom stereocenters. The van der Waals surface area contributed by atoms with Crippen LogP contribution in [-0.4, -0.2) is 0 Å². The van der Waals surface area contributed by atoms with Gasteiger partial charge in [-0.25, -0.2) is 0 Å². The molecule has 0 nitrogen and oxygen atoms in total. The third-order valence-electron chi connectivity index (χ3n) is 2.88. The van der Waals surface area contributed by atoms with Crippen molar-refractivity contribution in [2.24, 2.45) is 0 Å². The largest absolute Gasteiger partial charge is 0.0720 e. The van der Waals surface area contributed by atoms with Crippen molar-refractivity contribution < 1.29 is 0 Å². The van der Waals surface area contributed by atoms with E-state index in [9.17, 15) is 0 Å². The zero-order valence-electron chi connectivity index (χ0n) is 9.90. The highest BCUT2D eigenvalue weighted by Crippen LogP contribution is 2.29. The van der Waals surface area contributed by atoms with Crippen LogP contribution < -0.4 is 0 Å². The first-order valence-electron chi connectivity index (χ1n) is 5.88. The Morgan fingerprint density at radius 3 is 2.31 bits per heavy atom. The van der Waals surface area contributed by atoms with Gasteiger partial charge in [0.2, 0.25) is 0 Å². The standard InChI is InChI=1S/C15H17P/c1-3-12-10-14(11-16-15(12)4-2)13-8-6-5-7-9-13/h5-11H,3-4H2,1-2H3. The number of hydrogen-bond acceptors (Lipinski definition) is 0. The normalized spacial score (nSPS) is 10.9. The molecule has 0 saturated carbocycles. The maximum absolute atomic E-state index is 2.35. The predicted molar refractivity (Wildman–Crippen MR) is 73.1 cm³/mol. The summed E-state index contributed by atoms with van der Waals surface area (Å²) in [4.78, 5) is 0. The van der Waals surface area contributed by atoms with E-state index in [0.29, 0.717) is 0 Å². The minimum atomic E-state index is 1.14. The first-order chi connectivity index (χ1) is 7.85. The maximum atomic E-state index is 2.35. The van der Waals surface area contributed by atoms with Crippen molar-refractivity contribution in [3.63, 3.8) is 0 Å². The summed E-state index contributed by atoms with van der Waals surface area (Å²) in [6.07, 6.45) is 2.31. The van der Waals surface area contributed by atoms with E-state index in [2.05, 4.69) is 56.0 Å². The summed E-state index contributed by atoms with van der Waals surface area (Å²) in [5.74, 6) is 2.33. The van der Waals surface area contributed by atoms with E-state index in [1.807, 2.05) is 0 Å². The Balaban J connectivity index is 2.44. The number of hydrogen-bond donors (Lipinski definition) is 0. The number of benzene rings is 1. The molecule has 2 aromatic rings. The van der Waals surface area contributed by atoms with E-state index in [1.165, 1.54) is 31.3 Å². The molecule has 0 radical (unpaired) electrons. The van der Waals surface area contributed by atoms with Crippen molar-refractivity contribution in [2.75, 3.05) is 0 Å². The van der Waals surface area contributed by atoms with Crippen LogP contribution in [0, 0.1) is 0 Å². The van der Waals surface area contributed by atoms with Gasteiger partial charge in [0.25, 0.3) is 0 Å². The summed E-state index contributed by atoms with van der Waals surface area (Å²) in [6, 6.07) is 13.0. The molecule has 0 atom stereocenters. The van der Waals surface area contributed by atoms with E-state index in [4.69, 9.17) is 0 Å². The predicted octanol–water partition coefficient (Wildman–Crippen LogP) is 5.06. The highest BCUT2D eigenvalue weighted by atomic mass is 31.0. The van der Waals surface area contributed by atoms with Crippen LogP contribution in [0.5, 0.6) is 0 Å². The van der Waals surface area contributed by atoms with E-state index in [1.54, 1.807) is 5.30 Å². The smallest absolute Gasteiger partial charge is 0.0135 e. The molecule has 1 heteroatoms. The molecule has 0 bridgehead atoms. The van der Waals surface area contributed by atoms with Gasteiger partial charge in [0.1, 0.15) is 0 Å². The first kappa shape index (κ1) is 11.4. The van der Waals surface area contributed by atoms with Gasteiger partial charge in [-0.1, -0.05) is 58.4 Å². The van der Waals surface area contributed by atoms with Crippen LogP contribution in [0.2, 0.25) is 0 Å². The van der Waals surface area contributed by atoms with E-state index in [-0.39, 0.29) is 0 Å². The number of rotatable bonds is 3. The van der Waals surface area contributed by atoms with Crippen LogP contribution in [0.3, 0.4) is 0 Å². The van der Waals surface area contributed by atoms with Crippen LogP contribution in [0.15, 0.2) is 42.2 Å². The average Bonchev–Trinajstić information content (AvgIpc) is 2.39. The average molecular weight is 228 g/mol. The van der Waals surface area contributed by atoms with Gasteiger partial charge in [-0.15, -0.1) is 0 Å². The van der Waals surface area contributed by atoms with Crippen LogP contribution in [0.25, 0.3) is 11.1 Å². The summed E-state index contributed by atoms with van der Waals surface area (Å²) in [6.45, 7) is 4.48. The first-order valence-corrected chi connectivity index (χ1v) is 6.84. The maximum Gasteiger partial charge on any atom is -0.0135 e. The Morgan fingerprint density at radius 2 is 1.69 bits per heavy atom. The van der Waals surface area contributed by atoms with Crippen LogP contribution in [0.4, 0.5) is 0 Å². The molecule has 1 aromatic carbocycles. The molecule has 16 heavy (non-hydrogen) atoms. The lowest BCUT2D eigenvalue weighted by atomic mass is 10.1. The van der Waals surface area contributed by atoms with Gasteiger partial charge in [-0.05, 0) is 40.6 Å². The molecule has 0 aliphatic carbocycles. The highest BCUT2D eigenvalue weighted by Gasteiger charge is 2.02. The molecule has 0 saturated heterocycles. The topological polar surface area (TPSA) is 0 Å². The molecule has 0 aliphatic heterocycles. The molecule has 0 aliphatic rings. The Hall–Kier alpha value is -1.13. The van der Waals surface area contributed by atoms with Crippen molar-refractivity contribution >= 4 is 8.19 Å². The van der Waals surface area contributed by atoms with Crippen molar-refractivity contribution in [3.8, 4) is 11.1 Å². The van der Waals surface area contributed by atoms with Crippen molar-refractivity contribution in [2.45, 2.75) is 26.7 Å². The minimum absolute atomic E-state index is 1.14. The molecule has 0 fully saturated rings. The molecular weight excluding hydrogens is 211 g/mol. The summed E-state index contributed by atoms with van der Waals surface area (Å²) >= 11 is 0. The summed E-state index contributed by atoms with van der Waals surface area (Å²) < 4.78 is 0. The fraction of sp³-hybridized carbons (Fsp3) is 0.267. The van der Waals surface area contributed by atoms with Crippen molar-refractivity contribution in [3.05, 3.63) is 53.1 Å². The fourth-order valence-electron chi connectivity index (χ4n) is 1.95. The zero-order valence-corrected chi connectivity index (χ0v) is 10.8. The SMILES string of the molecule is CCc1cc(-c2ccccc2)cpc1CC. The zero-order chi connectivity index (χ0) is 11.4. The van der Waals surface area contributed by atoms with E-state index >= 15 is 0 Å². The second kappa shape index (κ2) is 5.27. The lowest BCUT2D eigenvalue weighted by Gasteiger charge is -2.08. The van der Waals surface area contributed by atoms with Crippen molar-refractivity contribution in [1.82, 2.24) is 0 Å². The van der Waals surface area contributed by atoms with Gasteiger partial charge in [-0.2, -0.15) is 0 Å². The Kier molecular flexibility index (Phi) is 3.74. The van der Waals surface area contributed by atoms with E-state index in [0.717, 1.165) is 6.42 Å². The Labute approximate surface area is 99.4 Å².